The first kappa shape index (κ1) is 22.0. The van der Waals surface area contributed by atoms with E-state index in [1.54, 1.807) is 24.4 Å². The second-order valence-electron chi connectivity index (χ2n) is 7.31. The fraction of sp³-hybridized carbons (Fsp3) is 0.167. The molecular formula is C24H22N4O2S2. The minimum absolute atomic E-state index is 0.233. The average molecular weight is 463 g/mol. The second kappa shape index (κ2) is 9.50. The number of aromatic nitrogens is 2. The van der Waals surface area contributed by atoms with E-state index in [1.165, 1.54) is 26.6 Å². The molecule has 0 aliphatic carbocycles. The molecule has 4 rings (SSSR count). The van der Waals surface area contributed by atoms with Gasteiger partial charge in [0.1, 0.15) is 15.8 Å². The molecule has 3 heterocycles. The molecule has 1 aliphatic heterocycles. The second-order valence-corrected chi connectivity index (χ2v) is 8.98. The van der Waals surface area contributed by atoms with E-state index in [9.17, 15) is 9.59 Å². The number of amides is 1. The summed E-state index contributed by atoms with van der Waals surface area (Å²) in [6.45, 7) is 6.51. The number of rotatable bonds is 7. The molecule has 1 N–H and O–H groups in total. The SMILES string of the molecule is C=CCN1C(=O)/C(=C\c2c(NCCc3ccccc3)nc3c(C)cccn3c2=O)SC1=S. The summed E-state index contributed by atoms with van der Waals surface area (Å²) in [5, 5.41) is 3.31. The van der Waals surface area contributed by atoms with E-state index in [0.29, 0.717) is 39.3 Å². The molecule has 1 fully saturated rings. The van der Waals surface area contributed by atoms with Crippen LogP contribution in [-0.2, 0) is 11.2 Å². The first-order valence-corrected chi connectivity index (χ1v) is 11.4. The summed E-state index contributed by atoms with van der Waals surface area (Å²) in [4.78, 5) is 32.8. The quantitative estimate of drug-likeness (QED) is 0.325. The van der Waals surface area contributed by atoms with Gasteiger partial charge in [-0.25, -0.2) is 4.98 Å². The van der Waals surface area contributed by atoms with Crippen LogP contribution in [0.1, 0.15) is 16.7 Å². The van der Waals surface area contributed by atoms with Crippen molar-refractivity contribution in [3.8, 4) is 0 Å². The molecule has 8 heteroatoms. The van der Waals surface area contributed by atoms with Crippen molar-refractivity contribution in [2.24, 2.45) is 0 Å². The van der Waals surface area contributed by atoms with Crippen LogP contribution in [-0.4, -0.2) is 37.6 Å². The van der Waals surface area contributed by atoms with Gasteiger partial charge in [0.2, 0.25) is 0 Å². The van der Waals surface area contributed by atoms with E-state index in [2.05, 4.69) is 24.0 Å². The zero-order valence-corrected chi connectivity index (χ0v) is 19.2. The molecule has 162 valence electrons. The molecule has 0 unspecified atom stereocenters. The highest BCUT2D eigenvalue weighted by molar-refractivity contribution is 8.26. The van der Waals surface area contributed by atoms with Gasteiger partial charge >= 0.3 is 0 Å². The van der Waals surface area contributed by atoms with Crippen LogP contribution in [0.5, 0.6) is 0 Å². The van der Waals surface area contributed by atoms with Gasteiger partial charge in [-0.1, -0.05) is 66.5 Å². The van der Waals surface area contributed by atoms with Crippen molar-refractivity contribution < 1.29 is 4.79 Å². The number of carbonyl (C=O) groups excluding carboxylic acids is 1. The lowest BCUT2D eigenvalue weighted by atomic mass is 10.1. The van der Waals surface area contributed by atoms with Crippen molar-refractivity contribution in [2.75, 3.05) is 18.4 Å². The number of aryl methyl sites for hydroxylation is 1. The highest BCUT2D eigenvalue weighted by atomic mass is 32.2. The summed E-state index contributed by atoms with van der Waals surface area (Å²) < 4.78 is 1.96. The van der Waals surface area contributed by atoms with Crippen LogP contribution in [0.25, 0.3) is 11.7 Å². The predicted molar refractivity (Wildman–Crippen MR) is 135 cm³/mol. The summed E-state index contributed by atoms with van der Waals surface area (Å²) in [6.07, 6.45) is 5.68. The molecule has 6 nitrogen and oxygen atoms in total. The van der Waals surface area contributed by atoms with E-state index in [4.69, 9.17) is 17.2 Å². The first-order valence-electron chi connectivity index (χ1n) is 10.2. The number of fused-ring (bicyclic) bond motifs is 1. The van der Waals surface area contributed by atoms with E-state index in [0.717, 1.165) is 12.0 Å². The Morgan fingerprint density at radius 3 is 2.72 bits per heavy atom. The number of thiocarbonyl (C=S) groups is 1. The zero-order valence-electron chi connectivity index (χ0n) is 17.6. The van der Waals surface area contributed by atoms with Crippen molar-refractivity contribution in [1.29, 1.82) is 0 Å². The predicted octanol–water partition coefficient (Wildman–Crippen LogP) is 4.04. The fourth-order valence-electron chi connectivity index (χ4n) is 3.46. The molecule has 0 bridgehead atoms. The minimum Gasteiger partial charge on any atom is -0.369 e. The monoisotopic (exact) mass is 462 g/mol. The third-order valence-corrected chi connectivity index (χ3v) is 6.47. The lowest BCUT2D eigenvalue weighted by Crippen LogP contribution is -2.28. The average Bonchev–Trinajstić information content (AvgIpc) is 3.05. The number of nitrogens with one attached hydrogen (secondary N) is 1. The van der Waals surface area contributed by atoms with Crippen molar-refractivity contribution in [3.05, 3.63) is 93.3 Å². The number of hydrogen-bond donors (Lipinski definition) is 1. The van der Waals surface area contributed by atoms with Crippen molar-refractivity contribution in [1.82, 2.24) is 14.3 Å². The normalized spacial score (nSPS) is 15.0. The Kier molecular flexibility index (Phi) is 6.53. The molecule has 1 aromatic carbocycles. The van der Waals surface area contributed by atoms with Crippen LogP contribution in [0.2, 0.25) is 0 Å². The smallest absolute Gasteiger partial charge is 0.267 e. The van der Waals surface area contributed by atoms with E-state index < -0.39 is 0 Å². The van der Waals surface area contributed by atoms with Gasteiger partial charge in [-0.3, -0.25) is 18.9 Å². The Hall–Kier alpha value is -3.23. The van der Waals surface area contributed by atoms with E-state index >= 15 is 0 Å². The van der Waals surface area contributed by atoms with Gasteiger partial charge in [-0.15, -0.1) is 6.58 Å². The van der Waals surface area contributed by atoms with Crippen LogP contribution >= 0.6 is 24.0 Å². The lowest BCUT2D eigenvalue weighted by Gasteiger charge is -2.12. The molecule has 3 aromatic rings. The molecule has 0 saturated carbocycles. The molecule has 1 aliphatic rings. The summed E-state index contributed by atoms with van der Waals surface area (Å²) >= 11 is 6.51. The number of nitrogens with zero attached hydrogens (tertiary/aromatic N) is 3. The van der Waals surface area contributed by atoms with Crippen LogP contribution in [0.4, 0.5) is 5.82 Å². The molecule has 1 amide bonds. The summed E-state index contributed by atoms with van der Waals surface area (Å²) in [7, 11) is 0. The van der Waals surface area contributed by atoms with Crippen molar-refractivity contribution >= 4 is 51.7 Å². The first-order chi connectivity index (χ1) is 15.5. The Labute approximate surface area is 195 Å². The standard InChI is InChI=1S/C24H22N4O2S2/c1-3-13-28-23(30)19(32-24(28)31)15-18-20(25-12-11-17-9-5-4-6-10-17)26-21-16(2)8-7-14-27(21)22(18)29/h3-10,14-15,25H,1,11-13H2,2H3/b19-15+. The van der Waals surface area contributed by atoms with Gasteiger partial charge in [0.25, 0.3) is 11.5 Å². The van der Waals surface area contributed by atoms with Gasteiger partial charge < -0.3 is 5.32 Å². The molecular weight excluding hydrogens is 440 g/mol. The Morgan fingerprint density at radius 2 is 1.97 bits per heavy atom. The van der Waals surface area contributed by atoms with Crippen LogP contribution in [0.3, 0.4) is 0 Å². The maximum atomic E-state index is 13.4. The summed E-state index contributed by atoms with van der Waals surface area (Å²) in [5.41, 5.74) is 2.74. The molecule has 1 saturated heterocycles. The third kappa shape index (κ3) is 4.37. The molecule has 0 spiro atoms. The van der Waals surface area contributed by atoms with Gasteiger partial charge in [0.05, 0.1) is 10.5 Å². The number of carbonyl (C=O) groups is 1. The van der Waals surface area contributed by atoms with Crippen LogP contribution in [0, 0.1) is 6.92 Å². The highest BCUT2D eigenvalue weighted by Gasteiger charge is 2.31. The zero-order chi connectivity index (χ0) is 22.7. The highest BCUT2D eigenvalue weighted by Crippen LogP contribution is 2.33. The van der Waals surface area contributed by atoms with Crippen molar-refractivity contribution in [3.63, 3.8) is 0 Å². The third-order valence-electron chi connectivity index (χ3n) is 5.09. The van der Waals surface area contributed by atoms with Crippen LogP contribution in [0.15, 0.2) is 71.0 Å². The van der Waals surface area contributed by atoms with E-state index in [1.807, 2.05) is 31.2 Å². The number of pyridine rings is 1. The van der Waals surface area contributed by atoms with Crippen LogP contribution < -0.4 is 10.9 Å². The summed E-state index contributed by atoms with van der Waals surface area (Å²) in [6, 6.07) is 13.8. The molecule has 0 atom stereocenters. The molecule has 0 radical (unpaired) electrons. The number of thioether (sulfide) groups is 1. The lowest BCUT2D eigenvalue weighted by molar-refractivity contribution is -0.121. The van der Waals surface area contributed by atoms with Gasteiger partial charge in [0, 0.05) is 19.3 Å². The minimum atomic E-state index is -0.241. The Morgan fingerprint density at radius 1 is 1.19 bits per heavy atom. The maximum Gasteiger partial charge on any atom is 0.267 e. The Bertz CT molecular complexity index is 1300. The van der Waals surface area contributed by atoms with Gasteiger partial charge in [-0.05, 0) is 36.6 Å². The number of anilines is 1. The van der Waals surface area contributed by atoms with Crippen molar-refractivity contribution in [2.45, 2.75) is 13.3 Å². The number of hydrogen-bond acceptors (Lipinski definition) is 6. The molecule has 32 heavy (non-hydrogen) atoms. The molecule has 2 aromatic heterocycles. The topological polar surface area (TPSA) is 66.7 Å². The summed E-state index contributed by atoms with van der Waals surface area (Å²) in [5.74, 6) is 0.220. The van der Waals surface area contributed by atoms with Gasteiger partial charge in [-0.2, -0.15) is 0 Å². The number of benzene rings is 1. The van der Waals surface area contributed by atoms with Gasteiger partial charge in [0.15, 0.2) is 0 Å². The fourth-order valence-corrected chi connectivity index (χ4v) is 4.72. The maximum absolute atomic E-state index is 13.4. The Balaban J connectivity index is 1.74. The largest absolute Gasteiger partial charge is 0.369 e. The van der Waals surface area contributed by atoms with E-state index in [-0.39, 0.29) is 11.5 Å².